The predicted molar refractivity (Wildman–Crippen MR) is 186 cm³/mol. The topological polar surface area (TPSA) is 216 Å². The van der Waals surface area contributed by atoms with E-state index in [1.165, 1.54) is 19.3 Å². The molecule has 0 heterocycles. The summed E-state index contributed by atoms with van der Waals surface area (Å²) in [5, 5.41) is 25.9. The summed E-state index contributed by atoms with van der Waals surface area (Å²) < 4.78 is 21.1. The maximum atomic E-state index is 12.2. The van der Waals surface area contributed by atoms with Gasteiger partial charge in [0.1, 0.15) is 19.3 Å². The lowest BCUT2D eigenvalue weighted by molar-refractivity contribution is -0.142. The summed E-state index contributed by atoms with van der Waals surface area (Å²) >= 11 is 0. The maximum absolute atomic E-state index is 12.2. The SMILES string of the molecule is CCC(=O)COCCOCCNC(=O)COCCOCCNC(=O)CC[C@H](NC(=O)CCCCCCCCCCCCCCC(=O)O)C(=O)O. The van der Waals surface area contributed by atoms with E-state index in [0.29, 0.717) is 39.2 Å². The molecule has 0 unspecified atom stereocenters. The van der Waals surface area contributed by atoms with Crippen LogP contribution in [0, 0.1) is 0 Å². The second-order valence-corrected chi connectivity index (χ2v) is 12.1. The Kier molecular flexibility index (Phi) is 32.2. The van der Waals surface area contributed by atoms with Crippen molar-refractivity contribution in [1.29, 1.82) is 0 Å². The molecule has 0 aromatic carbocycles. The molecule has 50 heavy (non-hydrogen) atoms. The molecule has 0 aliphatic rings. The molecule has 3 amide bonds. The Balaban J connectivity index is 3.68. The van der Waals surface area contributed by atoms with E-state index in [4.69, 9.17) is 24.1 Å². The summed E-state index contributed by atoms with van der Waals surface area (Å²) in [6, 6.07) is -1.13. The van der Waals surface area contributed by atoms with Gasteiger partial charge in [-0.2, -0.15) is 0 Å². The monoisotopic (exact) mass is 717 g/mol. The first-order valence-electron chi connectivity index (χ1n) is 18.3. The molecule has 0 saturated heterocycles. The van der Waals surface area contributed by atoms with Gasteiger partial charge in [0.2, 0.25) is 17.7 Å². The molecule has 0 aromatic rings. The number of amides is 3. The third-order valence-electron chi connectivity index (χ3n) is 7.61. The van der Waals surface area contributed by atoms with Crippen LogP contribution in [0.3, 0.4) is 0 Å². The second-order valence-electron chi connectivity index (χ2n) is 12.1. The molecule has 15 heteroatoms. The van der Waals surface area contributed by atoms with Gasteiger partial charge < -0.3 is 45.1 Å². The van der Waals surface area contributed by atoms with Gasteiger partial charge in [-0.25, -0.2) is 4.79 Å². The average molecular weight is 718 g/mol. The normalized spacial score (nSPS) is 11.5. The van der Waals surface area contributed by atoms with Crippen LogP contribution in [0.2, 0.25) is 0 Å². The Hall–Kier alpha value is -3.14. The molecule has 0 radical (unpaired) electrons. The van der Waals surface area contributed by atoms with Gasteiger partial charge in [-0.15, -0.1) is 0 Å². The van der Waals surface area contributed by atoms with Crippen molar-refractivity contribution in [1.82, 2.24) is 16.0 Å². The number of rotatable bonds is 37. The molecule has 0 fully saturated rings. The van der Waals surface area contributed by atoms with Gasteiger partial charge in [-0.05, 0) is 19.3 Å². The van der Waals surface area contributed by atoms with Crippen molar-refractivity contribution in [2.45, 2.75) is 122 Å². The molecular weight excluding hydrogens is 654 g/mol. The maximum Gasteiger partial charge on any atom is 0.326 e. The molecule has 0 aliphatic carbocycles. The van der Waals surface area contributed by atoms with E-state index < -0.39 is 18.0 Å². The molecule has 0 aromatic heterocycles. The van der Waals surface area contributed by atoms with E-state index in [1.54, 1.807) is 6.92 Å². The highest BCUT2D eigenvalue weighted by Gasteiger charge is 2.20. The number of nitrogens with one attached hydrogen (secondary N) is 3. The lowest BCUT2D eigenvalue weighted by atomic mass is 10.0. The van der Waals surface area contributed by atoms with Crippen LogP contribution in [0.4, 0.5) is 0 Å². The quantitative estimate of drug-likeness (QED) is 0.0586. The summed E-state index contributed by atoms with van der Waals surface area (Å²) in [4.78, 5) is 69.3. The molecular formula is C35H63N3O12. The van der Waals surface area contributed by atoms with Crippen molar-refractivity contribution in [2.24, 2.45) is 0 Å². The van der Waals surface area contributed by atoms with E-state index in [9.17, 15) is 33.9 Å². The molecule has 1 atom stereocenters. The van der Waals surface area contributed by atoms with Gasteiger partial charge in [0.15, 0.2) is 5.78 Å². The van der Waals surface area contributed by atoms with Crippen LogP contribution >= 0.6 is 0 Å². The van der Waals surface area contributed by atoms with Crippen molar-refractivity contribution >= 4 is 35.4 Å². The first-order valence-corrected chi connectivity index (χ1v) is 18.3. The second kappa shape index (κ2) is 34.3. The summed E-state index contributed by atoms with van der Waals surface area (Å²) in [6.07, 6.45) is 13.2. The standard InChI is InChI=1S/C35H63N3O12/c1-2-29(39)27-49-25-23-48-22-20-37-33(42)28-50-26-24-47-21-19-36-31(40)18-17-30(35(45)46)38-32(41)15-13-11-9-7-5-3-4-6-8-10-12-14-16-34(43)44/h30H,2-28H2,1H3,(H,36,40)(H,37,42)(H,38,41)(H,43,44)(H,45,46)/t30-/m0/s1. The van der Waals surface area contributed by atoms with E-state index in [0.717, 1.165) is 51.4 Å². The minimum absolute atomic E-state index is 0.0201. The number of carboxylic acids is 2. The van der Waals surface area contributed by atoms with Crippen LogP contribution < -0.4 is 16.0 Å². The smallest absolute Gasteiger partial charge is 0.326 e. The van der Waals surface area contributed by atoms with Gasteiger partial charge in [-0.1, -0.05) is 71.1 Å². The molecule has 15 nitrogen and oxygen atoms in total. The molecule has 290 valence electrons. The molecule has 0 spiro atoms. The highest BCUT2D eigenvalue weighted by Crippen LogP contribution is 2.13. The fourth-order valence-electron chi connectivity index (χ4n) is 4.69. The van der Waals surface area contributed by atoms with Crippen LogP contribution in [-0.2, 0) is 47.7 Å². The molecule has 0 bridgehead atoms. The van der Waals surface area contributed by atoms with Gasteiger partial charge in [-0.3, -0.25) is 24.0 Å². The van der Waals surface area contributed by atoms with Gasteiger partial charge in [0.05, 0.1) is 39.6 Å². The molecule has 5 N–H and O–H groups in total. The Morgan fingerprint density at radius 3 is 1.48 bits per heavy atom. The molecule has 0 saturated carbocycles. The van der Waals surface area contributed by atoms with E-state index in [2.05, 4.69) is 16.0 Å². The average Bonchev–Trinajstić information content (AvgIpc) is 3.08. The first-order chi connectivity index (χ1) is 24.1. The lowest BCUT2D eigenvalue weighted by Gasteiger charge is -2.14. The Labute approximate surface area is 297 Å². The summed E-state index contributed by atoms with van der Waals surface area (Å²) in [7, 11) is 0. The number of carbonyl (C=O) groups is 6. The van der Waals surface area contributed by atoms with Gasteiger partial charge >= 0.3 is 11.9 Å². The van der Waals surface area contributed by atoms with Gasteiger partial charge in [0.25, 0.3) is 0 Å². The molecule has 0 rings (SSSR count). The van der Waals surface area contributed by atoms with Crippen molar-refractivity contribution < 1.29 is 57.9 Å². The number of ketones is 1. The number of carbonyl (C=O) groups excluding carboxylic acids is 4. The highest BCUT2D eigenvalue weighted by molar-refractivity contribution is 5.84. The number of ether oxygens (including phenoxy) is 4. The Morgan fingerprint density at radius 1 is 0.520 bits per heavy atom. The number of aliphatic carboxylic acids is 2. The summed E-state index contributed by atoms with van der Waals surface area (Å²) in [5.74, 6) is -2.85. The van der Waals surface area contributed by atoms with E-state index in [-0.39, 0.29) is 88.8 Å². The third kappa shape index (κ3) is 33.4. The zero-order valence-electron chi connectivity index (χ0n) is 30.1. The first kappa shape index (κ1) is 46.9. The largest absolute Gasteiger partial charge is 0.481 e. The minimum atomic E-state index is -1.18. The van der Waals surface area contributed by atoms with Gasteiger partial charge in [0, 0.05) is 38.8 Å². The fourth-order valence-corrected chi connectivity index (χ4v) is 4.69. The number of hydrogen-bond acceptors (Lipinski definition) is 10. The lowest BCUT2D eigenvalue weighted by Crippen LogP contribution is -2.41. The third-order valence-corrected chi connectivity index (χ3v) is 7.61. The van der Waals surface area contributed by atoms with Crippen molar-refractivity contribution in [3.63, 3.8) is 0 Å². The van der Waals surface area contributed by atoms with Crippen LogP contribution in [0.25, 0.3) is 0 Å². The number of hydrogen-bond donors (Lipinski definition) is 5. The number of unbranched alkanes of at least 4 members (excludes halogenated alkanes) is 11. The highest BCUT2D eigenvalue weighted by atomic mass is 16.5. The Morgan fingerprint density at radius 2 is 0.980 bits per heavy atom. The predicted octanol–water partition coefficient (Wildman–Crippen LogP) is 3.16. The fraction of sp³-hybridized carbons (Fsp3) is 0.829. The minimum Gasteiger partial charge on any atom is -0.481 e. The van der Waals surface area contributed by atoms with E-state index in [1.807, 2.05) is 0 Å². The number of carboxylic acid groups (broad SMARTS) is 2. The molecule has 0 aliphatic heterocycles. The van der Waals surface area contributed by atoms with Crippen LogP contribution in [0.15, 0.2) is 0 Å². The van der Waals surface area contributed by atoms with E-state index >= 15 is 0 Å². The van der Waals surface area contributed by atoms with Crippen LogP contribution in [-0.4, -0.2) is 118 Å². The van der Waals surface area contributed by atoms with Crippen molar-refractivity contribution in [3.05, 3.63) is 0 Å². The summed E-state index contributed by atoms with van der Waals surface area (Å²) in [5.41, 5.74) is 0. The van der Waals surface area contributed by atoms with Crippen LogP contribution in [0.5, 0.6) is 0 Å². The van der Waals surface area contributed by atoms with Crippen LogP contribution in [0.1, 0.15) is 116 Å². The summed E-state index contributed by atoms with van der Waals surface area (Å²) in [6.45, 7) is 3.83. The Bertz CT molecular complexity index is 935. The zero-order valence-corrected chi connectivity index (χ0v) is 30.1. The van der Waals surface area contributed by atoms with Crippen molar-refractivity contribution in [2.75, 3.05) is 65.9 Å². The zero-order chi connectivity index (χ0) is 37.1. The number of Topliss-reactive ketones (excluding diaryl/α,β-unsaturated/α-hetero) is 1. The van der Waals surface area contributed by atoms with Crippen molar-refractivity contribution in [3.8, 4) is 0 Å².